The van der Waals surface area contributed by atoms with Crippen LogP contribution in [0.25, 0.3) is 0 Å². The number of allylic oxidation sites excluding steroid dienone is 4. The Balaban J connectivity index is 0.000000241. The molecule has 1 aliphatic rings. The predicted octanol–water partition coefficient (Wildman–Crippen LogP) is 4.77. The summed E-state index contributed by atoms with van der Waals surface area (Å²) in [5, 5.41) is 0. The molecule has 0 aliphatic heterocycles. The molecule has 2 rings (SSSR count). The molecule has 0 amide bonds. The van der Waals surface area contributed by atoms with E-state index in [-0.39, 0.29) is 0 Å². The van der Waals surface area contributed by atoms with Gasteiger partial charge in [0.1, 0.15) is 0 Å². The van der Waals surface area contributed by atoms with Crippen LogP contribution >= 0.6 is 9.69 Å². The van der Waals surface area contributed by atoms with Gasteiger partial charge in [-0.2, -0.15) is 18.2 Å². The molecular weight excluding hydrogens is 293 g/mol. The molecule has 0 saturated heterocycles. The van der Waals surface area contributed by atoms with Gasteiger partial charge in [-0.25, -0.2) is 12.1 Å². The largest absolute Gasteiger partial charge is 0.214 e. The molecular formula is C13H17ClRu. The molecule has 2 heteroatoms. The number of rotatable bonds is 0. The fourth-order valence-corrected chi connectivity index (χ4v) is 1.18. The average molecular weight is 310 g/mol. The molecule has 0 spiro atoms. The maximum absolute atomic E-state index is 4.57. The van der Waals surface area contributed by atoms with E-state index in [1.165, 1.54) is 25.7 Å². The Morgan fingerprint density at radius 3 is 1.27 bits per heavy atom. The smallest absolute Gasteiger partial charge is 0.172 e. The molecule has 0 unspecified atom stereocenters. The van der Waals surface area contributed by atoms with Crippen LogP contribution in [0.4, 0.5) is 0 Å². The van der Waals surface area contributed by atoms with Crippen molar-refractivity contribution in [2.75, 3.05) is 0 Å². The van der Waals surface area contributed by atoms with E-state index in [1.54, 1.807) is 0 Å². The van der Waals surface area contributed by atoms with Crippen molar-refractivity contribution in [3.05, 3.63) is 54.6 Å². The van der Waals surface area contributed by atoms with E-state index in [0.717, 1.165) is 0 Å². The van der Waals surface area contributed by atoms with Gasteiger partial charge < -0.3 is 0 Å². The van der Waals surface area contributed by atoms with Crippen LogP contribution in [0.3, 0.4) is 0 Å². The summed E-state index contributed by atoms with van der Waals surface area (Å²) in [6, 6.07) is 10.0. The fourth-order valence-electron chi connectivity index (χ4n) is 1.18. The molecule has 0 heterocycles. The summed E-state index contributed by atoms with van der Waals surface area (Å²) < 4.78 is 0. The quantitative estimate of drug-likeness (QED) is 0.368. The SMILES string of the molecule is C1=C\CC/C=C\CC/1.[Cl][Ru+].c1cc[cH-]c1. The average Bonchev–Trinajstić information content (AvgIpc) is 2.77. The van der Waals surface area contributed by atoms with Gasteiger partial charge in [0.25, 0.3) is 0 Å². The van der Waals surface area contributed by atoms with Gasteiger partial charge in [0, 0.05) is 0 Å². The molecule has 0 radical (unpaired) electrons. The Kier molecular flexibility index (Phi) is 13.5. The van der Waals surface area contributed by atoms with Gasteiger partial charge in [-0.15, -0.1) is 0 Å². The van der Waals surface area contributed by atoms with E-state index in [1.807, 2.05) is 47.6 Å². The first-order valence-corrected chi connectivity index (χ1v) is 7.34. The third-order valence-electron chi connectivity index (χ3n) is 1.89. The molecule has 84 valence electrons. The molecule has 0 saturated carbocycles. The van der Waals surface area contributed by atoms with Gasteiger partial charge in [0.2, 0.25) is 0 Å². The number of hydrogen-bond acceptors (Lipinski definition) is 0. The first-order chi connectivity index (χ1) is 7.50. The third kappa shape index (κ3) is 11.7. The zero-order valence-electron chi connectivity index (χ0n) is 8.76. The van der Waals surface area contributed by atoms with Gasteiger partial charge in [-0.3, -0.25) is 0 Å². The summed E-state index contributed by atoms with van der Waals surface area (Å²) in [5.74, 6) is 0. The minimum absolute atomic E-state index is 1.23. The molecule has 1 aromatic rings. The maximum Gasteiger partial charge on any atom is -0.172 e. The van der Waals surface area contributed by atoms with E-state index in [0.29, 0.717) is 0 Å². The van der Waals surface area contributed by atoms with Crippen LogP contribution in [0.15, 0.2) is 54.6 Å². The topological polar surface area (TPSA) is 0 Å². The van der Waals surface area contributed by atoms with Crippen LogP contribution in [-0.4, -0.2) is 0 Å². The Morgan fingerprint density at radius 1 is 0.733 bits per heavy atom. The van der Waals surface area contributed by atoms with E-state index in [2.05, 4.69) is 34.0 Å². The van der Waals surface area contributed by atoms with E-state index in [9.17, 15) is 0 Å². The monoisotopic (exact) mass is 310 g/mol. The van der Waals surface area contributed by atoms with Gasteiger partial charge in [0.15, 0.2) is 0 Å². The van der Waals surface area contributed by atoms with Crippen molar-refractivity contribution < 1.29 is 17.3 Å². The third-order valence-corrected chi connectivity index (χ3v) is 1.89. The van der Waals surface area contributed by atoms with E-state index in [4.69, 9.17) is 0 Å². The van der Waals surface area contributed by atoms with Crippen LogP contribution in [-0.2, 0) is 17.3 Å². The summed E-state index contributed by atoms with van der Waals surface area (Å²) in [5.41, 5.74) is 0. The number of halogens is 1. The second-order valence-electron chi connectivity index (χ2n) is 3.06. The summed E-state index contributed by atoms with van der Waals surface area (Å²) in [4.78, 5) is 0. The molecule has 15 heavy (non-hydrogen) atoms. The maximum atomic E-state index is 4.57. The molecule has 1 aliphatic carbocycles. The standard InChI is InChI=1S/C8H12.C5H5.ClH.Ru/c1-2-4-6-8-7-5-3-1;1-2-4-5-3-1;;/h1-2,7-8H,3-6H2;1-5H;1H;/q;-1;;+2/p-1/b2-1-,8-7-;;;. The van der Waals surface area contributed by atoms with Gasteiger partial charge in [-0.1, -0.05) is 24.3 Å². The van der Waals surface area contributed by atoms with E-state index < -0.39 is 0 Å². The first kappa shape index (κ1) is 14.7. The Bertz CT molecular complexity index is 194. The van der Waals surface area contributed by atoms with Gasteiger partial charge in [0.05, 0.1) is 0 Å². The molecule has 0 fully saturated rings. The Labute approximate surface area is 107 Å². The zero-order valence-corrected chi connectivity index (χ0v) is 11.3. The normalized spacial score (nSPS) is 18.0. The minimum atomic E-state index is 1.23. The van der Waals surface area contributed by atoms with Crippen LogP contribution in [0.1, 0.15) is 25.7 Å². The number of hydrogen-bond donors (Lipinski definition) is 0. The summed E-state index contributed by atoms with van der Waals surface area (Å²) in [7, 11) is 4.57. The molecule has 0 atom stereocenters. The molecule has 0 bridgehead atoms. The molecule has 0 N–H and O–H groups in total. The van der Waals surface area contributed by atoms with Crippen LogP contribution in [0.2, 0.25) is 0 Å². The van der Waals surface area contributed by atoms with Crippen LogP contribution < -0.4 is 0 Å². The van der Waals surface area contributed by atoms with Crippen LogP contribution in [0.5, 0.6) is 0 Å². The summed E-state index contributed by atoms with van der Waals surface area (Å²) in [6.45, 7) is 0. The summed E-state index contributed by atoms with van der Waals surface area (Å²) in [6.07, 6.45) is 14.0. The second kappa shape index (κ2) is 13.7. The van der Waals surface area contributed by atoms with Crippen molar-refractivity contribution in [1.82, 2.24) is 0 Å². The van der Waals surface area contributed by atoms with Crippen molar-refractivity contribution in [2.24, 2.45) is 0 Å². The predicted molar refractivity (Wildman–Crippen MR) is 64.6 cm³/mol. The summed E-state index contributed by atoms with van der Waals surface area (Å²) >= 11 is 1.82. The Morgan fingerprint density at radius 2 is 1.07 bits per heavy atom. The van der Waals surface area contributed by atoms with Crippen molar-refractivity contribution in [1.29, 1.82) is 0 Å². The van der Waals surface area contributed by atoms with Crippen LogP contribution in [0, 0.1) is 0 Å². The second-order valence-corrected chi connectivity index (χ2v) is 3.06. The van der Waals surface area contributed by atoms with Crippen molar-refractivity contribution in [2.45, 2.75) is 25.7 Å². The van der Waals surface area contributed by atoms with Gasteiger partial charge >= 0.3 is 27.0 Å². The molecule has 1 aromatic carbocycles. The minimum Gasteiger partial charge on any atom is -0.214 e. The Hall–Kier alpha value is -0.257. The molecule has 0 nitrogen and oxygen atoms in total. The fraction of sp³-hybridized carbons (Fsp3) is 0.308. The van der Waals surface area contributed by atoms with Crippen molar-refractivity contribution >= 4 is 9.69 Å². The van der Waals surface area contributed by atoms with E-state index >= 15 is 0 Å². The molecule has 0 aromatic heterocycles. The zero-order chi connectivity index (χ0) is 11.2. The van der Waals surface area contributed by atoms with Crippen molar-refractivity contribution in [3.8, 4) is 0 Å². The van der Waals surface area contributed by atoms with Gasteiger partial charge in [-0.05, 0) is 25.7 Å². The van der Waals surface area contributed by atoms with Crippen molar-refractivity contribution in [3.63, 3.8) is 0 Å². The first-order valence-electron chi connectivity index (χ1n) is 5.10.